The van der Waals surface area contributed by atoms with Gasteiger partial charge in [0.25, 0.3) is 5.91 Å². The molecule has 0 aliphatic rings. The summed E-state index contributed by atoms with van der Waals surface area (Å²) in [5.74, 6) is 0.215. The number of nitrogens with zero attached hydrogens (tertiary/aromatic N) is 3. The lowest BCUT2D eigenvalue weighted by Gasteiger charge is -2.22. The lowest BCUT2D eigenvalue weighted by atomic mass is 10.0. The van der Waals surface area contributed by atoms with E-state index in [2.05, 4.69) is 29.4 Å². The first-order valence-electron chi connectivity index (χ1n) is 7.78. The zero-order valence-electron chi connectivity index (χ0n) is 13.3. The van der Waals surface area contributed by atoms with Crippen molar-refractivity contribution in [2.24, 2.45) is 5.92 Å². The van der Waals surface area contributed by atoms with Crippen LogP contribution in [0.5, 0.6) is 0 Å². The summed E-state index contributed by atoms with van der Waals surface area (Å²) in [4.78, 5) is 14.3. The summed E-state index contributed by atoms with van der Waals surface area (Å²) in [6, 6.07) is 13.7. The van der Waals surface area contributed by atoms with Crippen LogP contribution in [0.15, 0.2) is 54.9 Å². The summed E-state index contributed by atoms with van der Waals surface area (Å²) in [5.41, 5.74) is 0.696. The molecule has 0 saturated carbocycles. The van der Waals surface area contributed by atoms with E-state index >= 15 is 0 Å². The molecule has 0 aliphatic heterocycles. The van der Waals surface area contributed by atoms with Crippen LogP contribution in [0.4, 0.5) is 0 Å². The smallest absolute Gasteiger partial charge is 0.252 e. The van der Waals surface area contributed by atoms with Crippen molar-refractivity contribution >= 4 is 16.7 Å². The van der Waals surface area contributed by atoms with Gasteiger partial charge in [-0.25, -0.2) is 0 Å². The van der Waals surface area contributed by atoms with Crippen LogP contribution >= 0.6 is 0 Å². The monoisotopic (exact) mass is 308 g/mol. The molecule has 3 rings (SSSR count). The highest BCUT2D eigenvalue weighted by Crippen LogP contribution is 2.19. The molecule has 0 spiro atoms. The minimum absolute atomic E-state index is 0.0335. The van der Waals surface area contributed by atoms with Gasteiger partial charge in [0.15, 0.2) is 0 Å². The first-order valence-corrected chi connectivity index (χ1v) is 7.78. The van der Waals surface area contributed by atoms with Crippen LogP contribution < -0.4 is 5.32 Å². The number of benzene rings is 2. The van der Waals surface area contributed by atoms with Crippen LogP contribution in [0, 0.1) is 5.92 Å². The van der Waals surface area contributed by atoms with Gasteiger partial charge in [0.2, 0.25) is 0 Å². The fourth-order valence-corrected chi connectivity index (χ4v) is 2.61. The van der Waals surface area contributed by atoms with E-state index in [0.29, 0.717) is 12.1 Å². The molecule has 1 N–H and O–H groups in total. The molecule has 1 heterocycles. The third-order valence-corrected chi connectivity index (χ3v) is 3.98. The molecule has 5 heteroatoms. The summed E-state index contributed by atoms with van der Waals surface area (Å²) < 4.78 is 0. The molecule has 1 amide bonds. The van der Waals surface area contributed by atoms with Crippen molar-refractivity contribution in [1.82, 2.24) is 20.3 Å². The summed E-state index contributed by atoms with van der Waals surface area (Å²) in [6.07, 6.45) is 3.29. The van der Waals surface area contributed by atoms with Gasteiger partial charge in [-0.3, -0.25) is 4.79 Å². The Morgan fingerprint density at radius 1 is 1.09 bits per heavy atom. The molecule has 0 saturated heterocycles. The highest BCUT2D eigenvalue weighted by molar-refractivity contribution is 6.07. The lowest BCUT2D eigenvalue weighted by Crippen LogP contribution is -2.42. The molecular weight excluding hydrogens is 288 g/mol. The first kappa shape index (κ1) is 15.2. The molecule has 118 valence electrons. The minimum atomic E-state index is -0.0624. The van der Waals surface area contributed by atoms with E-state index in [9.17, 15) is 4.79 Å². The molecule has 0 radical (unpaired) electrons. The second kappa shape index (κ2) is 6.60. The number of hydrogen-bond donors (Lipinski definition) is 1. The zero-order valence-corrected chi connectivity index (χ0v) is 13.3. The Morgan fingerprint density at radius 3 is 2.52 bits per heavy atom. The number of fused-ring (bicyclic) bond motifs is 1. The third-order valence-electron chi connectivity index (χ3n) is 3.98. The predicted octanol–water partition coefficient (Wildman–Crippen LogP) is 2.89. The van der Waals surface area contributed by atoms with Crippen molar-refractivity contribution in [2.75, 3.05) is 0 Å². The van der Waals surface area contributed by atoms with E-state index in [0.717, 1.165) is 10.8 Å². The molecule has 1 unspecified atom stereocenters. The molecule has 3 aromatic rings. The first-order chi connectivity index (χ1) is 11.1. The van der Waals surface area contributed by atoms with Gasteiger partial charge in [-0.15, -0.1) is 0 Å². The Kier molecular flexibility index (Phi) is 4.37. The van der Waals surface area contributed by atoms with E-state index in [-0.39, 0.29) is 17.9 Å². The van der Waals surface area contributed by atoms with Crippen molar-refractivity contribution < 1.29 is 4.79 Å². The van der Waals surface area contributed by atoms with Gasteiger partial charge in [-0.1, -0.05) is 50.2 Å². The van der Waals surface area contributed by atoms with Gasteiger partial charge < -0.3 is 5.32 Å². The number of carbonyl (C=O) groups is 1. The van der Waals surface area contributed by atoms with Gasteiger partial charge in [0.05, 0.1) is 25.0 Å². The number of rotatable bonds is 5. The van der Waals surface area contributed by atoms with Gasteiger partial charge in [0.1, 0.15) is 0 Å². The summed E-state index contributed by atoms with van der Waals surface area (Å²) >= 11 is 0. The van der Waals surface area contributed by atoms with Crippen LogP contribution in [0.1, 0.15) is 24.2 Å². The molecule has 0 bridgehead atoms. The summed E-state index contributed by atoms with van der Waals surface area (Å²) in [5, 5.41) is 13.4. The van der Waals surface area contributed by atoms with Crippen molar-refractivity contribution in [3.8, 4) is 0 Å². The standard InChI is InChI=1S/C18H20N4O/c1-13(2)17(12-22-19-10-11-20-22)21-18(23)16-9-5-7-14-6-3-4-8-15(14)16/h3-11,13,17H,12H2,1-2H3,(H,21,23). The van der Waals surface area contributed by atoms with E-state index in [1.807, 2.05) is 42.5 Å². The average molecular weight is 308 g/mol. The fraction of sp³-hybridized carbons (Fsp3) is 0.278. The second-order valence-electron chi connectivity index (χ2n) is 5.93. The maximum atomic E-state index is 12.7. The van der Waals surface area contributed by atoms with Crippen molar-refractivity contribution in [2.45, 2.75) is 26.4 Å². The van der Waals surface area contributed by atoms with Crippen molar-refractivity contribution in [3.05, 3.63) is 60.4 Å². The summed E-state index contributed by atoms with van der Waals surface area (Å²) in [6.45, 7) is 4.72. The van der Waals surface area contributed by atoms with Crippen LogP contribution in [-0.2, 0) is 6.54 Å². The highest BCUT2D eigenvalue weighted by Gasteiger charge is 2.19. The van der Waals surface area contributed by atoms with Crippen LogP contribution in [0.25, 0.3) is 10.8 Å². The Bertz CT molecular complexity index is 790. The number of carbonyl (C=O) groups excluding carboxylic acids is 1. The number of nitrogens with one attached hydrogen (secondary N) is 1. The van der Waals surface area contributed by atoms with Crippen LogP contribution in [0.3, 0.4) is 0 Å². The maximum absolute atomic E-state index is 12.7. The van der Waals surface area contributed by atoms with Crippen molar-refractivity contribution in [3.63, 3.8) is 0 Å². The molecule has 2 aromatic carbocycles. The van der Waals surface area contributed by atoms with Gasteiger partial charge in [-0.05, 0) is 22.8 Å². The second-order valence-corrected chi connectivity index (χ2v) is 5.93. The van der Waals surface area contributed by atoms with Gasteiger partial charge in [0, 0.05) is 5.56 Å². The molecule has 23 heavy (non-hydrogen) atoms. The zero-order chi connectivity index (χ0) is 16.2. The van der Waals surface area contributed by atoms with Gasteiger partial charge in [-0.2, -0.15) is 15.0 Å². The third kappa shape index (κ3) is 3.39. The molecular formula is C18H20N4O. The summed E-state index contributed by atoms with van der Waals surface area (Å²) in [7, 11) is 0. The maximum Gasteiger partial charge on any atom is 0.252 e. The Morgan fingerprint density at radius 2 is 1.78 bits per heavy atom. The van der Waals surface area contributed by atoms with E-state index in [1.54, 1.807) is 17.2 Å². The average Bonchev–Trinajstić information content (AvgIpc) is 3.06. The number of amides is 1. The molecule has 5 nitrogen and oxygen atoms in total. The number of hydrogen-bond acceptors (Lipinski definition) is 3. The van der Waals surface area contributed by atoms with Crippen LogP contribution in [-0.4, -0.2) is 26.9 Å². The Hall–Kier alpha value is -2.69. The normalized spacial score (nSPS) is 12.5. The van der Waals surface area contributed by atoms with Gasteiger partial charge >= 0.3 is 0 Å². The highest BCUT2D eigenvalue weighted by atomic mass is 16.1. The Balaban J connectivity index is 1.83. The molecule has 0 aliphatic carbocycles. The lowest BCUT2D eigenvalue weighted by molar-refractivity contribution is 0.0919. The fourth-order valence-electron chi connectivity index (χ4n) is 2.61. The predicted molar refractivity (Wildman–Crippen MR) is 90.1 cm³/mol. The SMILES string of the molecule is CC(C)C(Cn1nccn1)NC(=O)c1cccc2ccccc12. The quantitative estimate of drug-likeness (QED) is 0.788. The minimum Gasteiger partial charge on any atom is -0.347 e. The molecule has 1 aromatic heterocycles. The topological polar surface area (TPSA) is 59.8 Å². The molecule has 0 fully saturated rings. The van der Waals surface area contributed by atoms with Crippen molar-refractivity contribution in [1.29, 1.82) is 0 Å². The van der Waals surface area contributed by atoms with E-state index in [1.165, 1.54) is 0 Å². The van der Waals surface area contributed by atoms with E-state index < -0.39 is 0 Å². The van der Waals surface area contributed by atoms with Crippen LogP contribution in [0.2, 0.25) is 0 Å². The molecule has 1 atom stereocenters. The number of aromatic nitrogens is 3. The van der Waals surface area contributed by atoms with E-state index in [4.69, 9.17) is 0 Å². The largest absolute Gasteiger partial charge is 0.347 e. The Labute approximate surface area is 135 Å².